The number of phenols is 6. The number of carbonyl (C=O) groups is 3. The SMILES string of the molecule is Cc1cc(C(c2cc(C)c(O)c(C)c2C)c2cc(C(C)(C)c3ccc(C(C)(c4cc(C)c(OCc5ccc(C(=O)O)cc5)c(C(c5cc(C)c(O)c(C)c5C)c5cc(C)c(O)c(C)c5C)c4)c4cc(C)c(OCc5ccc(C(=O)O)cc5)c(C(c5cc(C)c(O)c(C)c5C)c5cc(C)c(O)c(C)c5C)c4)cc3)cc(C)c2OCc2ccc(C(=O)O)cc2)c(C)c(C)c1O. The fourth-order valence-electron chi connectivity index (χ4n) is 19.1. The molecule has 128 heavy (non-hydrogen) atoms. The van der Waals surface area contributed by atoms with E-state index >= 15 is 0 Å². The van der Waals surface area contributed by atoms with Gasteiger partial charge in [0.1, 0.15) is 71.6 Å². The van der Waals surface area contributed by atoms with Crippen LogP contribution in [0.5, 0.6) is 51.7 Å². The van der Waals surface area contributed by atoms with Crippen molar-refractivity contribution < 1.29 is 74.6 Å². The molecule has 0 heterocycles. The Morgan fingerprint density at radius 1 is 0.242 bits per heavy atom. The maximum absolute atomic E-state index is 12.3. The first-order chi connectivity index (χ1) is 60.3. The van der Waals surface area contributed by atoms with Crippen molar-refractivity contribution in [3.63, 3.8) is 0 Å². The Morgan fingerprint density at radius 3 is 0.664 bits per heavy atom. The minimum absolute atomic E-state index is 0.0431. The third-order valence-corrected chi connectivity index (χ3v) is 28.1. The van der Waals surface area contributed by atoms with Gasteiger partial charge in [-0.2, -0.15) is 0 Å². The van der Waals surface area contributed by atoms with Gasteiger partial charge in [0.15, 0.2) is 0 Å². The van der Waals surface area contributed by atoms with E-state index in [0.717, 1.165) is 156 Å². The molecule has 0 aliphatic rings. The van der Waals surface area contributed by atoms with Crippen LogP contribution in [0.2, 0.25) is 0 Å². The minimum atomic E-state index is -1.20. The number of carboxylic acids is 3. The number of aromatic hydroxyl groups is 6. The summed E-state index contributed by atoms with van der Waals surface area (Å²) in [6.45, 7) is 48.2. The molecule has 0 saturated carbocycles. The molecule has 15 heteroatoms. The van der Waals surface area contributed by atoms with Gasteiger partial charge in [-0.05, 0) is 396 Å². The second kappa shape index (κ2) is 35.7. The average Bonchev–Trinajstić information content (AvgIpc) is 0.725. The summed E-state index contributed by atoms with van der Waals surface area (Å²) in [6, 6.07) is 54.5. The zero-order valence-electron chi connectivity index (χ0n) is 78.0. The summed E-state index contributed by atoms with van der Waals surface area (Å²) in [5, 5.41) is 101. The topological polar surface area (TPSA) is 261 Å². The first kappa shape index (κ1) is 92.1. The van der Waals surface area contributed by atoms with Gasteiger partial charge in [0.2, 0.25) is 0 Å². The van der Waals surface area contributed by atoms with E-state index in [9.17, 15) is 60.3 Å². The van der Waals surface area contributed by atoms with Crippen LogP contribution in [0.1, 0.15) is 281 Å². The Hall–Kier alpha value is -13.5. The molecule has 0 spiro atoms. The Balaban J connectivity index is 1.13. The number of aromatic carboxylic acids is 3. The number of hydrogen-bond acceptors (Lipinski definition) is 12. The Labute approximate surface area is 752 Å². The van der Waals surface area contributed by atoms with Crippen LogP contribution < -0.4 is 14.2 Å². The second-order valence-electron chi connectivity index (χ2n) is 36.4. The summed E-state index contributed by atoms with van der Waals surface area (Å²) in [6.07, 6.45) is 0. The monoisotopic (exact) mass is 1710 g/mol. The van der Waals surface area contributed by atoms with Crippen LogP contribution in [0.4, 0.5) is 0 Å². The van der Waals surface area contributed by atoms with E-state index in [1.165, 1.54) is 0 Å². The molecule has 0 unspecified atom stereocenters. The zero-order chi connectivity index (χ0) is 93.4. The van der Waals surface area contributed by atoms with E-state index in [-0.39, 0.29) is 71.0 Å². The summed E-state index contributed by atoms with van der Waals surface area (Å²) in [5.41, 5.74) is 28.7. The van der Waals surface area contributed by atoms with Crippen molar-refractivity contribution in [2.24, 2.45) is 0 Å². The highest BCUT2D eigenvalue weighted by Crippen LogP contribution is 2.55. The number of phenolic OH excluding ortho intramolecular Hbond substituents is 6. The minimum Gasteiger partial charge on any atom is -0.507 e. The van der Waals surface area contributed by atoms with E-state index in [1.807, 2.05) is 125 Å². The molecular weight excluding hydrogens is 1600 g/mol. The molecule has 0 atom stereocenters. The number of hydrogen-bond donors (Lipinski definition) is 9. The molecule has 0 amide bonds. The lowest BCUT2D eigenvalue weighted by atomic mass is 9.67. The van der Waals surface area contributed by atoms with Gasteiger partial charge in [0.25, 0.3) is 0 Å². The fraction of sp³-hybridized carbons (Fsp3) is 0.283. The Bertz CT molecular complexity index is 6200. The van der Waals surface area contributed by atoms with Crippen molar-refractivity contribution in [3.05, 3.63) is 398 Å². The molecule has 0 fully saturated rings. The van der Waals surface area contributed by atoms with Gasteiger partial charge < -0.3 is 60.2 Å². The van der Waals surface area contributed by atoms with Crippen LogP contribution in [-0.2, 0) is 30.7 Å². The highest BCUT2D eigenvalue weighted by molar-refractivity contribution is 5.89. The largest absolute Gasteiger partial charge is 0.507 e. The second-order valence-corrected chi connectivity index (χ2v) is 36.4. The Morgan fingerprint density at radius 2 is 0.445 bits per heavy atom. The van der Waals surface area contributed by atoms with Crippen molar-refractivity contribution in [2.75, 3.05) is 0 Å². The van der Waals surface area contributed by atoms with Gasteiger partial charge in [-0.25, -0.2) is 14.4 Å². The quantitative estimate of drug-likeness (QED) is 0.0228. The maximum atomic E-state index is 12.3. The maximum Gasteiger partial charge on any atom is 0.335 e. The summed E-state index contributed by atoms with van der Waals surface area (Å²) in [7, 11) is 0. The molecule has 0 aromatic heterocycles. The lowest BCUT2D eigenvalue weighted by molar-refractivity contribution is 0.0686. The standard InChI is InChI=1S/C113H118O15/c1-56-44-88(65(10)71(16)100(56)114)97(89-45-57(2)101(115)72(17)66(89)11)94-50-85(41-62(7)106(94)126-53-77-25-31-80(32-26-77)109(120)121)112(22,23)83-37-39-84(40-38-83)113(24,86-42-63(8)107(127-54-78-27-33-81(34-28-78)110(122)123)95(51-86)98(90-46-58(3)102(116)73(18)67(90)12)91-47-59(4)103(117)74(19)68(91)13)87-43-64(9)108(128-55-79-29-35-82(36-30-79)111(124)125)96(52-87)99(92-48-60(5)104(118)75(20)69(92)14)93-49-61(6)105(119)76(21)70(93)15/h25-52,97-99,114-119H,53-55H2,1-24H3,(H,120,121)(H,122,123)(H,124,125). The molecule has 660 valence electrons. The summed E-state index contributed by atoms with van der Waals surface area (Å²) >= 11 is 0. The van der Waals surface area contributed by atoms with Crippen molar-refractivity contribution in [1.82, 2.24) is 0 Å². The molecule has 9 N–H and O–H groups in total. The van der Waals surface area contributed by atoms with Crippen molar-refractivity contribution in [2.45, 2.75) is 215 Å². The summed E-state index contributed by atoms with van der Waals surface area (Å²) in [4.78, 5) is 36.8. The lowest BCUT2D eigenvalue weighted by Gasteiger charge is -2.37. The van der Waals surface area contributed by atoms with E-state index in [0.29, 0.717) is 72.9 Å². The van der Waals surface area contributed by atoms with Crippen LogP contribution in [-0.4, -0.2) is 63.9 Å². The van der Waals surface area contributed by atoms with Crippen molar-refractivity contribution >= 4 is 17.9 Å². The van der Waals surface area contributed by atoms with Gasteiger partial charge in [-0.3, -0.25) is 0 Å². The number of ether oxygens (including phenoxy) is 3. The van der Waals surface area contributed by atoms with E-state index in [2.05, 4.69) is 139 Å². The van der Waals surface area contributed by atoms with Crippen LogP contribution in [0.3, 0.4) is 0 Å². The lowest BCUT2D eigenvalue weighted by Crippen LogP contribution is -2.28. The molecule has 0 bridgehead atoms. The predicted octanol–water partition coefficient (Wildman–Crippen LogP) is 25.4. The first-order valence-corrected chi connectivity index (χ1v) is 43.5. The number of benzene rings is 13. The van der Waals surface area contributed by atoms with Gasteiger partial charge in [-0.15, -0.1) is 0 Å². The normalized spacial score (nSPS) is 11.8. The molecule has 0 radical (unpaired) electrons. The third kappa shape index (κ3) is 16.9. The number of aryl methyl sites for hydroxylation is 9. The number of carboxylic acid groups (broad SMARTS) is 3. The molecular formula is C113H118O15. The molecule has 0 saturated heterocycles. The number of rotatable bonds is 26. The molecule has 13 rings (SSSR count). The van der Waals surface area contributed by atoms with E-state index in [1.54, 1.807) is 72.8 Å². The van der Waals surface area contributed by atoms with Crippen molar-refractivity contribution in [1.29, 1.82) is 0 Å². The van der Waals surface area contributed by atoms with Crippen LogP contribution >= 0.6 is 0 Å². The highest BCUT2D eigenvalue weighted by atomic mass is 16.5. The van der Waals surface area contributed by atoms with Gasteiger partial charge in [-0.1, -0.05) is 135 Å². The van der Waals surface area contributed by atoms with Gasteiger partial charge >= 0.3 is 17.9 Å². The predicted molar refractivity (Wildman–Crippen MR) is 508 cm³/mol. The van der Waals surface area contributed by atoms with Crippen LogP contribution in [0.15, 0.2) is 170 Å². The Kier molecular flexibility index (Phi) is 25.7. The first-order valence-electron chi connectivity index (χ1n) is 43.5. The molecule has 13 aromatic rings. The molecule has 15 nitrogen and oxygen atoms in total. The fourth-order valence-corrected chi connectivity index (χ4v) is 19.1. The molecule has 13 aromatic carbocycles. The third-order valence-electron chi connectivity index (χ3n) is 28.1. The molecule has 0 aliphatic heterocycles. The smallest absolute Gasteiger partial charge is 0.335 e. The molecule has 0 aliphatic carbocycles. The van der Waals surface area contributed by atoms with Crippen molar-refractivity contribution in [3.8, 4) is 51.7 Å². The highest BCUT2D eigenvalue weighted by Gasteiger charge is 2.41. The van der Waals surface area contributed by atoms with Crippen LogP contribution in [0, 0.1) is 145 Å². The van der Waals surface area contributed by atoms with Gasteiger partial charge in [0.05, 0.1) is 16.7 Å². The zero-order valence-corrected chi connectivity index (χ0v) is 78.0. The summed E-state index contributed by atoms with van der Waals surface area (Å²) < 4.78 is 21.8. The van der Waals surface area contributed by atoms with E-state index in [4.69, 9.17) is 14.2 Å². The van der Waals surface area contributed by atoms with Crippen LogP contribution in [0.25, 0.3) is 0 Å². The van der Waals surface area contributed by atoms with Gasteiger partial charge in [0, 0.05) is 45.3 Å². The average molecular weight is 1720 g/mol. The summed E-state index contributed by atoms with van der Waals surface area (Å²) in [5.74, 6) is -2.15. The van der Waals surface area contributed by atoms with E-state index < -0.39 is 46.5 Å².